The van der Waals surface area contributed by atoms with E-state index in [1.165, 1.54) is 0 Å². The molecule has 2 heterocycles. The van der Waals surface area contributed by atoms with E-state index in [-0.39, 0.29) is 36.1 Å². The summed E-state index contributed by atoms with van der Waals surface area (Å²) in [5.41, 5.74) is 2.23. The molecule has 1 aliphatic carbocycles. The topological polar surface area (TPSA) is 57.3 Å². The minimum Gasteiger partial charge on any atom is -0.489 e. The summed E-state index contributed by atoms with van der Waals surface area (Å²) in [4.78, 5) is 12.0. The molecule has 118 valence electrons. The van der Waals surface area contributed by atoms with E-state index in [1.807, 2.05) is 26.0 Å². The fourth-order valence-corrected chi connectivity index (χ4v) is 3.32. The maximum absolute atomic E-state index is 12.0. The first-order valence-corrected chi connectivity index (χ1v) is 7.90. The first-order chi connectivity index (χ1) is 10.7. The second-order valence-electron chi connectivity index (χ2n) is 6.08. The molecule has 1 aromatic carbocycles. The molecule has 5 nitrogen and oxygen atoms in total. The van der Waals surface area contributed by atoms with Crippen molar-refractivity contribution in [3.8, 4) is 5.75 Å². The maximum Gasteiger partial charge on any atom is 0.313 e. The van der Waals surface area contributed by atoms with Gasteiger partial charge in [-0.3, -0.25) is 4.79 Å². The van der Waals surface area contributed by atoms with E-state index in [4.69, 9.17) is 18.9 Å². The van der Waals surface area contributed by atoms with Gasteiger partial charge in [0.25, 0.3) is 0 Å². The van der Waals surface area contributed by atoms with E-state index >= 15 is 0 Å². The fraction of sp³-hybridized carbons (Fsp3) is 0.588. The molecule has 2 fully saturated rings. The van der Waals surface area contributed by atoms with Crippen molar-refractivity contribution in [2.75, 3.05) is 19.8 Å². The Balaban J connectivity index is 1.53. The summed E-state index contributed by atoms with van der Waals surface area (Å²) in [7, 11) is 0. The van der Waals surface area contributed by atoms with E-state index in [9.17, 15) is 4.79 Å². The molecule has 1 saturated carbocycles. The Labute approximate surface area is 129 Å². The van der Waals surface area contributed by atoms with Crippen molar-refractivity contribution in [2.45, 2.75) is 38.1 Å². The summed E-state index contributed by atoms with van der Waals surface area (Å²) in [6.45, 7) is 5.67. The Morgan fingerprint density at radius 1 is 1.45 bits per heavy atom. The third kappa shape index (κ3) is 2.29. The van der Waals surface area contributed by atoms with E-state index < -0.39 is 0 Å². The number of carbonyl (C=O) groups excluding carboxylic acids is 1. The smallest absolute Gasteiger partial charge is 0.313 e. The SMILES string of the molecule is CCOC(=O)[C@@H]1[C@H]2Oc3cccc([C@@H](C)OC[C@H]4CO4)c3[C@H]21. The van der Waals surface area contributed by atoms with Crippen LogP contribution in [-0.4, -0.2) is 38.0 Å². The van der Waals surface area contributed by atoms with Gasteiger partial charge in [-0.2, -0.15) is 0 Å². The molecule has 4 rings (SSSR count). The van der Waals surface area contributed by atoms with Crippen LogP contribution in [0.3, 0.4) is 0 Å². The van der Waals surface area contributed by atoms with Gasteiger partial charge in [0.2, 0.25) is 0 Å². The van der Waals surface area contributed by atoms with Crippen LogP contribution in [0.25, 0.3) is 0 Å². The minimum atomic E-state index is -0.160. The molecule has 0 N–H and O–H groups in total. The zero-order valence-corrected chi connectivity index (χ0v) is 12.8. The Morgan fingerprint density at radius 3 is 3.00 bits per heavy atom. The summed E-state index contributed by atoms with van der Waals surface area (Å²) >= 11 is 0. The highest BCUT2D eigenvalue weighted by Crippen LogP contribution is 2.60. The number of hydrogen-bond acceptors (Lipinski definition) is 5. The number of esters is 1. The van der Waals surface area contributed by atoms with Gasteiger partial charge in [0, 0.05) is 11.5 Å². The molecule has 0 aromatic heterocycles. The zero-order valence-electron chi connectivity index (χ0n) is 12.8. The Bertz CT molecular complexity index is 595. The summed E-state index contributed by atoms with van der Waals surface area (Å²) < 4.78 is 22.1. The van der Waals surface area contributed by atoms with Crippen molar-refractivity contribution >= 4 is 5.97 Å². The number of rotatable bonds is 6. The molecule has 0 bridgehead atoms. The van der Waals surface area contributed by atoms with Gasteiger partial charge in [0.15, 0.2) is 0 Å². The Kier molecular flexibility index (Phi) is 3.35. The van der Waals surface area contributed by atoms with Crippen LogP contribution in [0.2, 0.25) is 0 Å². The van der Waals surface area contributed by atoms with Crippen LogP contribution in [-0.2, 0) is 19.0 Å². The number of benzene rings is 1. The quantitative estimate of drug-likeness (QED) is 0.595. The lowest BCUT2D eigenvalue weighted by Crippen LogP contribution is -2.14. The second-order valence-corrected chi connectivity index (χ2v) is 6.08. The maximum atomic E-state index is 12.0. The minimum absolute atomic E-state index is 0.0371. The molecule has 3 aliphatic rings. The predicted octanol–water partition coefficient (Wildman–Crippen LogP) is 2.20. The van der Waals surface area contributed by atoms with E-state index in [0.29, 0.717) is 13.2 Å². The van der Waals surface area contributed by atoms with Gasteiger partial charge in [-0.15, -0.1) is 0 Å². The zero-order chi connectivity index (χ0) is 15.3. The largest absolute Gasteiger partial charge is 0.489 e. The Hall–Kier alpha value is -1.59. The van der Waals surface area contributed by atoms with Gasteiger partial charge < -0.3 is 18.9 Å². The molecule has 0 spiro atoms. The van der Waals surface area contributed by atoms with Gasteiger partial charge >= 0.3 is 5.97 Å². The van der Waals surface area contributed by atoms with Crippen LogP contribution in [0, 0.1) is 5.92 Å². The lowest BCUT2D eigenvalue weighted by molar-refractivity contribution is -0.145. The highest BCUT2D eigenvalue weighted by atomic mass is 16.6. The number of carbonyl (C=O) groups is 1. The third-order valence-electron chi connectivity index (χ3n) is 4.58. The predicted molar refractivity (Wildman–Crippen MR) is 77.8 cm³/mol. The molecule has 1 saturated heterocycles. The molecule has 0 radical (unpaired) electrons. The molecule has 0 unspecified atom stereocenters. The lowest BCUT2D eigenvalue weighted by Gasteiger charge is -2.17. The van der Waals surface area contributed by atoms with Crippen molar-refractivity contribution < 1.29 is 23.7 Å². The first-order valence-electron chi connectivity index (χ1n) is 7.90. The summed E-state index contributed by atoms with van der Waals surface area (Å²) in [5.74, 6) is 0.685. The van der Waals surface area contributed by atoms with Crippen LogP contribution in [0.1, 0.15) is 37.0 Å². The lowest BCUT2D eigenvalue weighted by atomic mass is 9.98. The fourth-order valence-electron chi connectivity index (χ4n) is 3.32. The molecular formula is C17H20O5. The number of epoxide rings is 1. The summed E-state index contributed by atoms with van der Waals surface area (Å²) in [6.07, 6.45) is 0.149. The average molecular weight is 304 g/mol. The highest BCUT2D eigenvalue weighted by molar-refractivity contribution is 5.81. The standard InChI is InChI=1S/C17H20O5/c1-3-19-17(18)15-14-13-11(9(2)20-7-10-8-21-10)5-4-6-12(13)22-16(14)15/h4-6,9-10,14-16H,3,7-8H2,1-2H3/t9-,10+,14+,15+,16+/m1/s1. The van der Waals surface area contributed by atoms with Gasteiger partial charge in [-0.1, -0.05) is 12.1 Å². The highest BCUT2D eigenvalue weighted by Gasteiger charge is 2.64. The van der Waals surface area contributed by atoms with E-state index in [0.717, 1.165) is 23.5 Å². The number of ether oxygens (including phenoxy) is 4. The van der Waals surface area contributed by atoms with Gasteiger partial charge in [0.05, 0.1) is 25.9 Å². The summed E-state index contributed by atoms with van der Waals surface area (Å²) in [5, 5.41) is 0. The van der Waals surface area contributed by atoms with Crippen LogP contribution < -0.4 is 4.74 Å². The van der Waals surface area contributed by atoms with Crippen molar-refractivity contribution in [1.29, 1.82) is 0 Å². The van der Waals surface area contributed by atoms with Gasteiger partial charge in [-0.05, 0) is 25.5 Å². The average Bonchev–Trinajstić information content (AvgIpc) is 3.42. The van der Waals surface area contributed by atoms with Crippen LogP contribution in [0.5, 0.6) is 5.75 Å². The second kappa shape index (κ2) is 5.25. The molecule has 5 heteroatoms. The van der Waals surface area contributed by atoms with Crippen molar-refractivity contribution in [3.63, 3.8) is 0 Å². The first kappa shape index (κ1) is 14.0. The monoisotopic (exact) mass is 304 g/mol. The van der Waals surface area contributed by atoms with Crippen molar-refractivity contribution in [3.05, 3.63) is 29.3 Å². The molecule has 5 atom stereocenters. The molecule has 2 aliphatic heterocycles. The van der Waals surface area contributed by atoms with E-state index in [1.54, 1.807) is 0 Å². The molecular weight excluding hydrogens is 284 g/mol. The number of fused-ring (bicyclic) bond motifs is 3. The van der Waals surface area contributed by atoms with Crippen LogP contribution >= 0.6 is 0 Å². The van der Waals surface area contributed by atoms with Gasteiger partial charge in [0.1, 0.15) is 23.9 Å². The Morgan fingerprint density at radius 2 is 2.27 bits per heavy atom. The van der Waals surface area contributed by atoms with Crippen LogP contribution in [0.4, 0.5) is 0 Å². The number of hydrogen-bond donors (Lipinski definition) is 0. The van der Waals surface area contributed by atoms with Crippen molar-refractivity contribution in [1.82, 2.24) is 0 Å². The normalized spacial score (nSPS) is 31.7. The summed E-state index contributed by atoms with van der Waals surface area (Å²) in [6, 6.07) is 6.00. The molecule has 22 heavy (non-hydrogen) atoms. The third-order valence-corrected chi connectivity index (χ3v) is 4.58. The molecule has 0 amide bonds. The molecule has 1 aromatic rings. The van der Waals surface area contributed by atoms with Gasteiger partial charge in [-0.25, -0.2) is 0 Å². The van der Waals surface area contributed by atoms with Crippen molar-refractivity contribution in [2.24, 2.45) is 5.92 Å². The van der Waals surface area contributed by atoms with E-state index in [2.05, 4.69) is 6.07 Å². The van der Waals surface area contributed by atoms with Crippen LogP contribution in [0.15, 0.2) is 18.2 Å².